The van der Waals surface area contributed by atoms with Gasteiger partial charge in [0.2, 0.25) is 0 Å². The van der Waals surface area contributed by atoms with Gasteiger partial charge in [0, 0.05) is 0 Å². The molecule has 0 bridgehead atoms. The number of ether oxygens (including phenoxy) is 2. The highest BCUT2D eigenvalue weighted by Gasteiger charge is 2.27. The van der Waals surface area contributed by atoms with Gasteiger partial charge in [-0.05, 0) is 37.6 Å². The number of benzene rings is 1. The molecule has 0 aromatic heterocycles. The maximum absolute atomic E-state index is 11.7. The van der Waals surface area contributed by atoms with Gasteiger partial charge in [0.05, 0.1) is 12.6 Å². The number of carboxylic acids is 1. The highest BCUT2D eigenvalue weighted by atomic mass is 16.5. The second-order valence-electron chi connectivity index (χ2n) is 5.01. The highest BCUT2D eigenvalue weighted by Crippen LogP contribution is 2.30. The highest BCUT2D eigenvalue weighted by molar-refractivity contribution is 6.31. The third-order valence-electron chi connectivity index (χ3n) is 3.16. The summed E-state index contributed by atoms with van der Waals surface area (Å²) in [5, 5.41) is 14.7. The molecule has 1 aliphatic rings. The number of rotatable bonds is 6. The summed E-state index contributed by atoms with van der Waals surface area (Å²) in [6.07, 6.45) is 0.0790. The van der Waals surface area contributed by atoms with Crippen molar-refractivity contribution in [2.45, 2.75) is 20.0 Å². The molecule has 0 aliphatic carbocycles. The molecule has 25 heavy (non-hydrogen) atoms. The quantitative estimate of drug-likeness (QED) is 0.516. The first-order valence-electron chi connectivity index (χ1n) is 7.34. The molecule has 2 rings (SSSR count). The molecule has 1 fully saturated rings. The zero-order valence-electron chi connectivity index (χ0n) is 13.5. The van der Waals surface area contributed by atoms with E-state index in [1.54, 1.807) is 6.92 Å². The van der Waals surface area contributed by atoms with Crippen LogP contribution >= 0.6 is 0 Å². The van der Waals surface area contributed by atoms with E-state index in [0.29, 0.717) is 5.56 Å². The fourth-order valence-electron chi connectivity index (χ4n) is 1.99. The molecule has 1 saturated heterocycles. The largest absolute Gasteiger partial charge is 0.546 e. The SMILES string of the molecule is CCOc1cc(C=C2C(=O)NC(=O)NC2=O)ccc1O[C@@H](C)C(=O)[O-]. The van der Waals surface area contributed by atoms with Crippen LogP contribution < -0.4 is 25.2 Å². The third-order valence-corrected chi connectivity index (χ3v) is 3.16. The van der Waals surface area contributed by atoms with Crippen LogP contribution in [0.4, 0.5) is 4.79 Å². The van der Waals surface area contributed by atoms with Crippen molar-refractivity contribution in [2.24, 2.45) is 0 Å². The Bertz CT molecular complexity index is 748. The topological polar surface area (TPSA) is 134 Å². The Morgan fingerprint density at radius 1 is 1.20 bits per heavy atom. The number of imide groups is 2. The summed E-state index contributed by atoms with van der Waals surface area (Å²) in [6.45, 7) is 3.32. The van der Waals surface area contributed by atoms with E-state index < -0.39 is 29.9 Å². The third kappa shape index (κ3) is 4.34. The number of carbonyl (C=O) groups is 4. The zero-order chi connectivity index (χ0) is 18.6. The number of carbonyl (C=O) groups excluding carboxylic acids is 4. The van der Waals surface area contributed by atoms with Crippen LogP contribution in [-0.4, -0.2) is 36.5 Å². The molecule has 9 nitrogen and oxygen atoms in total. The number of carboxylic acid groups (broad SMARTS) is 1. The van der Waals surface area contributed by atoms with Gasteiger partial charge >= 0.3 is 6.03 Å². The molecule has 0 radical (unpaired) electrons. The van der Waals surface area contributed by atoms with Crippen molar-refractivity contribution >= 4 is 29.9 Å². The second-order valence-corrected chi connectivity index (χ2v) is 5.01. The van der Waals surface area contributed by atoms with Crippen molar-refractivity contribution in [1.29, 1.82) is 0 Å². The van der Waals surface area contributed by atoms with E-state index in [9.17, 15) is 24.3 Å². The second kappa shape index (κ2) is 7.47. The molecule has 132 valence electrons. The van der Waals surface area contributed by atoms with Gasteiger partial charge in [0.15, 0.2) is 11.5 Å². The van der Waals surface area contributed by atoms with Crippen molar-refractivity contribution < 1.29 is 33.8 Å². The predicted molar refractivity (Wildman–Crippen MR) is 82.4 cm³/mol. The van der Waals surface area contributed by atoms with Gasteiger partial charge in [-0.3, -0.25) is 20.2 Å². The zero-order valence-corrected chi connectivity index (χ0v) is 13.5. The van der Waals surface area contributed by atoms with Gasteiger partial charge in [-0.25, -0.2) is 4.79 Å². The Kier molecular flexibility index (Phi) is 5.38. The number of hydrogen-bond acceptors (Lipinski definition) is 7. The van der Waals surface area contributed by atoms with E-state index in [-0.39, 0.29) is 23.7 Å². The Balaban J connectivity index is 2.33. The van der Waals surface area contributed by atoms with Crippen LogP contribution in [-0.2, 0) is 14.4 Å². The van der Waals surface area contributed by atoms with Crippen molar-refractivity contribution in [3.05, 3.63) is 29.3 Å². The summed E-state index contributed by atoms with van der Waals surface area (Å²) in [4.78, 5) is 45.3. The average Bonchev–Trinajstić information content (AvgIpc) is 2.53. The number of nitrogens with one attached hydrogen (secondary N) is 2. The van der Waals surface area contributed by atoms with Gasteiger partial charge in [-0.15, -0.1) is 0 Å². The fraction of sp³-hybridized carbons (Fsp3) is 0.250. The minimum Gasteiger partial charge on any atom is -0.546 e. The van der Waals surface area contributed by atoms with Crippen LogP contribution in [0.2, 0.25) is 0 Å². The number of amides is 4. The molecule has 0 spiro atoms. The van der Waals surface area contributed by atoms with Crippen molar-refractivity contribution in [1.82, 2.24) is 10.6 Å². The predicted octanol–water partition coefficient (Wildman–Crippen LogP) is -0.648. The van der Waals surface area contributed by atoms with Crippen LogP contribution in [0.25, 0.3) is 6.08 Å². The summed E-state index contributed by atoms with van der Waals surface area (Å²) in [6, 6.07) is 3.54. The normalized spacial score (nSPS) is 15.1. The Labute approximate surface area is 142 Å². The molecule has 9 heteroatoms. The average molecular weight is 347 g/mol. The lowest BCUT2D eigenvalue weighted by Gasteiger charge is -2.18. The molecular weight excluding hydrogens is 332 g/mol. The monoisotopic (exact) mass is 347 g/mol. The van der Waals surface area contributed by atoms with Crippen molar-refractivity contribution in [2.75, 3.05) is 6.61 Å². The number of aliphatic carboxylic acids is 1. The first-order valence-corrected chi connectivity index (χ1v) is 7.34. The fourth-order valence-corrected chi connectivity index (χ4v) is 1.99. The minimum atomic E-state index is -1.38. The van der Waals surface area contributed by atoms with Crippen LogP contribution in [0, 0.1) is 0 Å². The van der Waals surface area contributed by atoms with E-state index in [0.717, 1.165) is 0 Å². The maximum atomic E-state index is 11.7. The first kappa shape index (κ1) is 18.0. The summed E-state index contributed by atoms with van der Waals surface area (Å²) >= 11 is 0. The van der Waals surface area contributed by atoms with E-state index in [4.69, 9.17) is 9.47 Å². The molecule has 2 N–H and O–H groups in total. The molecule has 4 amide bonds. The summed E-state index contributed by atoms with van der Waals surface area (Å²) in [5.41, 5.74) is 0.172. The van der Waals surface area contributed by atoms with E-state index in [1.807, 2.05) is 10.6 Å². The molecular formula is C16H15N2O7-. The number of barbiturate groups is 1. The Morgan fingerprint density at radius 2 is 1.84 bits per heavy atom. The van der Waals surface area contributed by atoms with Gasteiger partial charge < -0.3 is 19.4 Å². The Hall–Kier alpha value is -3.36. The van der Waals surface area contributed by atoms with Gasteiger partial charge in [0.1, 0.15) is 11.7 Å². The maximum Gasteiger partial charge on any atom is 0.328 e. The van der Waals surface area contributed by atoms with Crippen LogP contribution in [0.15, 0.2) is 23.8 Å². The smallest absolute Gasteiger partial charge is 0.328 e. The van der Waals surface area contributed by atoms with Crippen molar-refractivity contribution in [3.8, 4) is 11.5 Å². The molecule has 1 heterocycles. The number of urea groups is 1. The van der Waals surface area contributed by atoms with Crippen LogP contribution in [0.5, 0.6) is 11.5 Å². The molecule has 0 saturated carbocycles. The minimum absolute atomic E-state index is 0.174. The molecule has 1 aromatic rings. The van der Waals surface area contributed by atoms with E-state index in [1.165, 1.54) is 31.2 Å². The van der Waals surface area contributed by atoms with Gasteiger partial charge in [0.25, 0.3) is 11.8 Å². The lowest BCUT2D eigenvalue weighted by Crippen LogP contribution is -2.51. The molecule has 1 atom stereocenters. The van der Waals surface area contributed by atoms with Crippen molar-refractivity contribution in [3.63, 3.8) is 0 Å². The standard InChI is InChI=1S/C16H16N2O7/c1-3-24-12-7-9(4-5-11(12)25-8(2)15(21)22)6-10-13(19)17-16(23)18-14(10)20/h4-8H,3H2,1-2H3,(H,21,22)(H2,17,18,19,20,23)/p-1/t8-/m0/s1. The lowest BCUT2D eigenvalue weighted by molar-refractivity contribution is -0.312. The number of hydrogen-bond donors (Lipinski definition) is 2. The molecule has 1 aromatic carbocycles. The molecule has 0 unspecified atom stereocenters. The van der Waals surface area contributed by atoms with Gasteiger partial charge in [-0.2, -0.15) is 0 Å². The Morgan fingerprint density at radius 3 is 2.40 bits per heavy atom. The lowest BCUT2D eigenvalue weighted by atomic mass is 10.1. The summed E-state index contributed by atoms with van der Waals surface area (Å²) in [5.74, 6) is -2.62. The van der Waals surface area contributed by atoms with E-state index >= 15 is 0 Å². The van der Waals surface area contributed by atoms with Gasteiger partial charge in [-0.1, -0.05) is 6.07 Å². The van der Waals surface area contributed by atoms with Crippen LogP contribution in [0.3, 0.4) is 0 Å². The summed E-state index contributed by atoms with van der Waals surface area (Å²) in [7, 11) is 0. The van der Waals surface area contributed by atoms with Crippen LogP contribution in [0.1, 0.15) is 19.4 Å². The first-order chi connectivity index (χ1) is 11.8. The summed E-state index contributed by atoms with van der Waals surface area (Å²) < 4.78 is 10.6. The van der Waals surface area contributed by atoms with E-state index in [2.05, 4.69) is 0 Å². The molecule has 1 aliphatic heterocycles.